The largest absolute Gasteiger partial charge is 0.474 e. The van der Waals surface area contributed by atoms with E-state index in [9.17, 15) is 4.79 Å². The van der Waals surface area contributed by atoms with Gasteiger partial charge in [0, 0.05) is 26.1 Å². The van der Waals surface area contributed by atoms with Crippen molar-refractivity contribution in [1.82, 2.24) is 19.9 Å². The first-order chi connectivity index (χ1) is 13.8. The van der Waals surface area contributed by atoms with Crippen LogP contribution in [0.3, 0.4) is 0 Å². The van der Waals surface area contributed by atoms with Crippen LogP contribution < -0.4 is 14.8 Å². The van der Waals surface area contributed by atoms with Crippen LogP contribution in [0.5, 0.6) is 11.9 Å². The number of hydrogen-bond donors (Lipinski definition) is 1. The minimum atomic E-state index is -0.0287. The third-order valence-corrected chi connectivity index (χ3v) is 4.93. The highest BCUT2D eigenvalue weighted by Crippen LogP contribution is 2.27. The Kier molecular flexibility index (Phi) is 6.95. The minimum Gasteiger partial charge on any atom is -0.474 e. The molecule has 1 atom stereocenters. The molecule has 0 bridgehead atoms. The van der Waals surface area contributed by atoms with Gasteiger partial charge in [0.25, 0.3) is 6.01 Å². The predicted octanol–water partition coefficient (Wildman–Crippen LogP) is 2.99. The Labute approximate surface area is 171 Å². The number of pyridine rings is 1. The second kappa shape index (κ2) is 9.43. The van der Waals surface area contributed by atoms with Gasteiger partial charge in [-0.2, -0.15) is 9.97 Å². The normalized spacial score (nSPS) is 20.6. The van der Waals surface area contributed by atoms with Crippen molar-refractivity contribution >= 4 is 17.1 Å². The van der Waals surface area contributed by atoms with Crippen LogP contribution >= 0.6 is 0 Å². The molecule has 0 radical (unpaired) electrons. The third-order valence-electron chi connectivity index (χ3n) is 4.93. The maximum atomic E-state index is 11.1. The first-order valence-corrected chi connectivity index (χ1v) is 10.4. The molecule has 1 saturated carbocycles. The number of ether oxygens (including phenoxy) is 3. The third kappa shape index (κ3) is 5.82. The number of aromatic nitrogens is 3. The van der Waals surface area contributed by atoms with E-state index in [0.29, 0.717) is 18.5 Å². The summed E-state index contributed by atoms with van der Waals surface area (Å²) in [4.78, 5) is 20.2. The molecule has 160 valence electrons. The Bertz CT molecular complexity index is 827. The molecule has 1 aliphatic rings. The molecule has 2 aromatic heterocycles. The number of fused-ring (bicyclic) bond motifs is 1. The number of nitrogens with one attached hydrogen (secondary N) is 1. The van der Waals surface area contributed by atoms with E-state index in [1.807, 2.05) is 44.5 Å². The van der Waals surface area contributed by atoms with Gasteiger partial charge < -0.3 is 19.5 Å². The lowest BCUT2D eigenvalue weighted by molar-refractivity contribution is -0.120. The van der Waals surface area contributed by atoms with Crippen LogP contribution in [-0.4, -0.2) is 51.4 Å². The van der Waals surface area contributed by atoms with Crippen LogP contribution in [0, 0.1) is 0 Å². The fourth-order valence-corrected chi connectivity index (χ4v) is 3.56. The lowest BCUT2D eigenvalue weighted by Crippen LogP contribution is -2.36. The first kappa shape index (κ1) is 21.4. The van der Waals surface area contributed by atoms with E-state index >= 15 is 0 Å². The standard InChI is InChI=1S/C21H32N4O4/c1-13(2)28-21-23-18-10-11-19(24-20(18)25(21)5)29-17-8-6-16(7-9-17)27-12-14(3)22-15(4)26/h10-11,13-14,16-17H,6-9,12H2,1-5H3,(H,22,26)/t14-,16?,17?/m0/s1. The molecule has 3 rings (SSSR count). The summed E-state index contributed by atoms with van der Waals surface area (Å²) in [7, 11) is 1.90. The van der Waals surface area contributed by atoms with Gasteiger partial charge in [0.05, 0.1) is 18.8 Å². The smallest absolute Gasteiger partial charge is 0.298 e. The van der Waals surface area contributed by atoms with Gasteiger partial charge in [-0.25, -0.2) is 0 Å². The monoisotopic (exact) mass is 404 g/mol. The molecular formula is C21H32N4O4. The van der Waals surface area contributed by atoms with Crippen LogP contribution in [0.25, 0.3) is 11.2 Å². The molecule has 29 heavy (non-hydrogen) atoms. The molecule has 1 fully saturated rings. The van der Waals surface area contributed by atoms with Gasteiger partial charge in [0.15, 0.2) is 5.65 Å². The summed E-state index contributed by atoms with van der Waals surface area (Å²) in [5.74, 6) is 0.583. The molecule has 2 heterocycles. The molecule has 8 nitrogen and oxygen atoms in total. The molecule has 2 aromatic rings. The maximum absolute atomic E-state index is 11.1. The Hall–Kier alpha value is -2.35. The van der Waals surface area contributed by atoms with Crippen LogP contribution in [0.4, 0.5) is 0 Å². The Morgan fingerprint density at radius 2 is 1.86 bits per heavy atom. The number of imidazole rings is 1. The van der Waals surface area contributed by atoms with Gasteiger partial charge >= 0.3 is 0 Å². The van der Waals surface area contributed by atoms with Crippen molar-refractivity contribution in [1.29, 1.82) is 0 Å². The van der Waals surface area contributed by atoms with Crippen molar-refractivity contribution in [3.63, 3.8) is 0 Å². The van der Waals surface area contributed by atoms with Gasteiger partial charge in [0.1, 0.15) is 11.6 Å². The van der Waals surface area contributed by atoms with Crippen molar-refractivity contribution in [2.45, 2.75) is 77.7 Å². The minimum absolute atomic E-state index is 0.0286. The van der Waals surface area contributed by atoms with Gasteiger partial charge in [-0.3, -0.25) is 9.36 Å². The van der Waals surface area contributed by atoms with E-state index in [2.05, 4.69) is 15.3 Å². The highest BCUT2D eigenvalue weighted by molar-refractivity contribution is 5.73. The summed E-state index contributed by atoms with van der Waals surface area (Å²) < 4.78 is 19.6. The molecule has 0 saturated heterocycles. The molecule has 1 aliphatic carbocycles. The second-order valence-electron chi connectivity index (χ2n) is 8.06. The zero-order valence-corrected chi connectivity index (χ0v) is 18.0. The van der Waals surface area contributed by atoms with Crippen LogP contribution in [0.2, 0.25) is 0 Å². The molecule has 0 unspecified atom stereocenters. The highest BCUT2D eigenvalue weighted by Gasteiger charge is 2.24. The van der Waals surface area contributed by atoms with E-state index in [0.717, 1.165) is 36.8 Å². The Morgan fingerprint density at radius 3 is 2.52 bits per heavy atom. The van der Waals surface area contributed by atoms with Crippen LogP contribution in [-0.2, 0) is 16.6 Å². The van der Waals surface area contributed by atoms with Crippen molar-refractivity contribution in [3.8, 4) is 11.9 Å². The quantitative estimate of drug-likeness (QED) is 0.728. The van der Waals surface area contributed by atoms with Crippen molar-refractivity contribution < 1.29 is 19.0 Å². The van der Waals surface area contributed by atoms with Gasteiger partial charge in [-0.15, -0.1) is 0 Å². The Balaban J connectivity index is 1.52. The summed E-state index contributed by atoms with van der Waals surface area (Å²) in [6, 6.07) is 4.38. The number of hydrogen-bond acceptors (Lipinski definition) is 6. The molecular weight excluding hydrogens is 372 g/mol. The maximum Gasteiger partial charge on any atom is 0.298 e. The van der Waals surface area contributed by atoms with Gasteiger partial charge in [-0.05, 0) is 52.5 Å². The fourth-order valence-electron chi connectivity index (χ4n) is 3.56. The zero-order valence-electron chi connectivity index (χ0n) is 18.0. The van der Waals surface area contributed by atoms with E-state index < -0.39 is 0 Å². The van der Waals surface area contributed by atoms with Crippen molar-refractivity contribution in [2.75, 3.05) is 6.61 Å². The van der Waals surface area contributed by atoms with Crippen LogP contribution in [0.15, 0.2) is 12.1 Å². The number of aryl methyl sites for hydroxylation is 1. The summed E-state index contributed by atoms with van der Waals surface area (Å²) in [5.41, 5.74) is 1.54. The molecule has 1 N–H and O–H groups in total. The predicted molar refractivity (Wildman–Crippen MR) is 110 cm³/mol. The van der Waals surface area contributed by atoms with E-state index in [1.54, 1.807) is 0 Å². The van der Waals surface area contributed by atoms with Gasteiger partial charge in [0.2, 0.25) is 11.8 Å². The average Bonchev–Trinajstić information content (AvgIpc) is 2.95. The van der Waals surface area contributed by atoms with Gasteiger partial charge in [-0.1, -0.05) is 0 Å². The SMILES string of the molecule is CC(=O)N[C@@H](C)COC1CCC(Oc2ccc3nc(OC(C)C)n(C)c3n2)CC1. The summed E-state index contributed by atoms with van der Waals surface area (Å²) in [5, 5.41) is 2.84. The van der Waals surface area contributed by atoms with E-state index in [4.69, 9.17) is 14.2 Å². The highest BCUT2D eigenvalue weighted by atomic mass is 16.5. The first-order valence-electron chi connectivity index (χ1n) is 10.4. The van der Waals surface area contributed by atoms with E-state index in [-0.39, 0.29) is 30.3 Å². The number of amides is 1. The second-order valence-corrected chi connectivity index (χ2v) is 8.06. The molecule has 0 spiro atoms. The molecule has 1 amide bonds. The van der Waals surface area contributed by atoms with Crippen molar-refractivity contribution in [3.05, 3.63) is 12.1 Å². The summed E-state index contributed by atoms with van der Waals surface area (Å²) in [6.07, 6.45) is 4.13. The summed E-state index contributed by atoms with van der Waals surface area (Å²) in [6.45, 7) is 7.96. The van der Waals surface area contributed by atoms with E-state index in [1.165, 1.54) is 6.92 Å². The lowest BCUT2D eigenvalue weighted by atomic mass is 9.95. The average molecular weight is 405 g/mol. The molecule has 8 heteroatoms. The lowest BCUT2D eigenvalue weighted by Gasteiger charge is -2.29. The number of carbonyl (C=O) groups excluding carboxylic acids is 1. The number of nitrogens with zero attached hydrogens (tertiary/aromatic N) is 3. The number of carbonyl (C=O) groups is 1. The Morgan fingerprint density at radius 1 is 1.17 bits per heavy atom. The molecule has 0 aliphatic heterocycles. The summed E-state index contributed by atoms with van der Waals surface area (Å²) >= 11 is 0. The zero-order chi connectivity index (χ0) is 21.0. The number of rotatable bonds is 8. The van der Waals surface area contributed by atoms with Crippen LogP contribution in [0.1, 0.15) is 53.4 Å². The molecule has 0 aromatic carbocycles. The van der Waals surface area contributed by atoms with Crippen molar-refractivity contribution in [2.24, 2.45) is 7.05 Å². The fraction of sp³-hybridized carbons (Fsp3) is 0.667. The topological polar surface area (TPSA) is 87.5 Å².